The van der Waals surface area contributed by atoms with E-state index in [2.05, 4.69) is 15.2 Å². The summed E-state index contributed by atoms with van der Waals surface area (Å²) < 4.78 is 16.5. The van der Waals surface area contributed by atoms with Crippen molar-refractivity contribution < 1.29 is 18.7 Å². The Labute approximate surface area is 152 Å². The highest BCUT2D eigenvalue weighted by atomic mass is 16.5. The molecule has 0 aliphatic carbocycles. The van der Waals surface area contributed by atoms with Crippen LogP contribution in [0, 0.1) is 11.8 Å². The van der Waals surface area contributed by atoms with E-state index in [9.17, 15) is 4.79 Å². The van der Waals surface area contributed by atoms with E-state index in [1.165, 1.54) is 6.26 Å². The van der Waals surface area contributed by atoms with Gasteiger partial charge < -0.3 is 19.2 Å². The number of hydrogen-bond acceptors (Lipinski definition) is 6. The molecule has 0 spiro atoms. The molecule has 0 unspecified atom stereocenters. The first-order valence-corrected chi connectivity index (χ1v) is 8.88. The van der Waals surface area contributed by atoms with Crippen molar-refractivity contribution in [1.29, 1.82) is 0 Å². The second-order valence-corrected chi connectivity index (χ2v) is 6.85. The largest absolute Gasteiger partial charge is 0.481 e. The monoisotopic (exact) mass is 357 g/mol. The minimum absolute atomic E-state index is 0.173. The first-order valence-electron chi connectivity index (χ1n) is 8.88. The maximum Gasteiger partial charge on any atom is 0.286 e. The minimum atomic E-state index is -0.173. The van der Waals surface area contributed by atoms with E-state index in [0.29, 0.717) is 36.6 Å². The van der Waals surface area contributed by atoms with Crippen LogP contribution in [-0.4, -0.2) is 55.2 Å². The number of carbonyl (C=O) groups excluding carboxylic acids is 1. The van der Waals surface area contributed by atoms with E-state index >= 15 is 0 Å². The fraction of sp³-hybridized carbons (Fsp3) is 0.474. The number of carbonyl (C=O) groups is 1. The summed E-state index contributed by atoms with van der Waals surface area (Å²) in [5, 5.41) is 2.96. The number of likely N-dealkylation sites (tertiary alicyclic amines) is 1. The summed E-state index contributed by atoms with van der Waals surface area (Å²) in [4.78, 5) is 18.7. The number of hydrogen-bond donors (Lipinski definition) is 1. The van der Waals surface area contributed by atoms with Gasteiger partial charge in [-0.3, -0.25) is 9.69 Å². The van der Waals surface area contributed by atoms with Crippen molar-refractivity contribution in [1.82, 2.24) is 15.2 Å². The Morgan fingerprint density at radius 1 is 1.38 bits per heavy atom. The summed E-state index contributed by atoms with van der Waals surface area (Å²) >= 11 is 0. The number of methoxy groups -OCH3 is 1. The SMILES string of the molecule is COc1ncccc1CN1C[C@@H]2[C@H](CNC(=O)c3ccco3)CO[C@@H]2C1. The number of ether oxygens (including phenoxy) is 2. The third-order valence-corrected chi connectivity index (χ3v) is 5.22. The molecule has 7 nitrogen and oxygen atoms in total. The fourth-order valence-electron chi connectivity index (χ4n) is 3.91. The van der Waals surface area contributed by atoms with Crippen molar-refractivity contribution in [2.45, 2.75) is 12.6 Å². The van der Waals surface area contributed by atoms with Crippen molar-refractivity contribution in [3.05, 3.63) is 48.0 Å². The van der Waals surface area contributed by atoms with Crippen LogP contribution in [0.15, 0.2) is 41.1 Å². The molecule has 2 aliphatic rings. The third-order valence-electron chi connectivity index (χ3n) is 5.22. The molecular formula is C19H23N3O4. The number of rotatable bonds is 6. The van der Waals surface area contributed by atoms with Gasteiger partial charge in [-0.2, -0.15) is 0 Å². The van der Waals surface area contributed by atoms with Crippen LogP contribution in [0.3, 0.4) is 0 Å². The van der Waals surface area contributed by atoms with Crippen molar-refractivity contribution in [3.8, 4) is 5.88 Å². The zero-order valence-electron chi connectivity index (χ0n) is 14.8. The van der Waals surface area contributed by atoms with Gasteiger partial charge in [0.25, 0.3) is 5.91 Å². The highest BCUT2D eigenvalue weighted by Crippen LogP contribution is 2.34. The highest BCUT2D eigenvalue weighted by Gasteiger charge is 2.43. The quantitative estimate of drug-likeness (QED) is 0.845. The van der Waals surface area contributed by atoms with E-state index in [1.54, 1.807) is 25.4 Å². The van der Waals surface area contributed by atoms with Gasteiger partial charge in [0, 0.05) is 49.8 Å². The lowest BCUT2D eigenvalue weighted by Gasteiger charge is -2.20. The number of aromatic nitrogens is 1. The van der Waals surface area contributed by atoms with Crippen molar-refractivity contribution in [2.24, 2.45) is 11.8 Å². The van der Waals surface area contributed by atoms with Crippen molar-refractivity contribution in [2.75, 3.05) is 33.4 Å². The maximum absolute atomic E-state index is 12.1. The molecule has 26 heavy (non-hydrogen) atoms. The standard InChI is InChI=1S/C19H23N3O4/c1-24-19-13(4-2-6-20-19)9-22-10-15-14(12-26-17(15)11-22)8-21-18(23)16-5-3-7-25-16/h2-7,14-15,17H,8-12H2,1H3,(H,21,23)/t14-,15-,17-/m1/s1. The molecule has 0 aromatic carbocycles. The third kappa shape index (κ3) is 3.45. The molecule has 2 aromatic heterocycles. The lowest BCUT2D eigenvalue weighted by atomic mass is 9.93. The molecule has 1 N–H and O–H groups in total. The van der Waals surface area contributed by atoms with Gasteiger partial charge in [0.1, 0.15) is 0 Å². The topological polar surface area (TPSA) is 76.8 Å². The van der Waals surface area contributed by atoms with Crippen LogP contribution >= 0.6 is 0 Å². The van der Waals surface area contributed by atoms with Crippen molar-refractivity contribution in [3.63, 3.8) is 0 Å². The molecule has 4 heterocycles. The maximum atomic E-state index is 12.1. The van der Waals surface area contributed by atoms with Crippen LogP contribution in [0.1, 0.15) is 16.1 Å². The summed E-state index contributed by atoms with van der Waals surface area (Å²) in [6, 6.07) is 7.35. The van der Waals surface area contributed by atoms with Crippen LogP contribution in [-0.2, 0) is 11.3 Å². The summed E-state index contributed by atoms with van der Waals surface area (Å²) in [7, 11) is 1.64. The Balaban J connectivity index is 1.33. The Morgan fingerprint density at radius 3 is 3.12 bits per heavy atom. The Hall–Kier alpha value is -2.38. The first kappa shape index (κ1) is 17.1. The normalized spacial score (nSPS) is 25.2. The number of furan rings is 1. The molecule has 0 bridgehead atoms. The fourth-order valence-corrected chi connectivity index (χ4v) is 3.91. The second-order valence-electron chi connectivity index (χ2n) is 6.85. The summed E-state index contributed by atoms with van der Waals surface area (Å²) in [6.07, 6.45) is 3.47. The number of nitrogens with zero attached hydrogens (tertiary/aromatic N) is 2. The number of nitrogens with one attached hydrogen (secondary N) is 1. The average Bonchev–Trinajstić information content (AvgIpc) is 3.38. The van der Waals surface area contributed by atoms with E-state index in [1.807, 2.05) is 12.1 Å². The lowest BCUT2D eigenvalue weighted by molar-refractivity contribution is 0.0886. The van der Waals surface area contributed by atoms with Gasteiger partial charge in [-0.05, 0) is 18.2 Å². The van der Waals surface area contributed by atoms with E-state index in [0.717, 1.165) is 25.2 Å². The Bertz CT molecular complexity index is 749. The number of amides is 1. The molecule has 2 aliphatic heterocycles. The van der Waals surface area contributed by atoms with Gasteiger partial charge >= 0.3 is 0 Å². The number of pyridine rings is 1. The summed E-state index contributed by atoms with van der Waals surface area (Å²) in [6.45, 7) is 3.93. The predicted molar refractivity (Wildman–Crippen MR) is 93.8 cm³/mol. The van der Waals surface area contributed by atoms with Gasteiger partial charge in [0.05, 0.1) is 26.1 Å². The molecule has 2 fully saturated rings. The molecule has 7 heteroatoms. The van der Waals surface area contributed by atoms with Gasteiger partial charge in [-0.25, -0.2) is 4.98 Å². The van der Waals surface area contributed by atoms with Crippen LogP contribution in [0.25, 0.3) is 0 Å². The molecule has 0 radical (unpaired) electrons. The molecular weight excluding hydrogens is 334 g/mol. The van der Waals surface area contributed by atoms with E-state index < -0.39 is 0 Å². The molecule has 4 rings (SSSR count). The lowest BCUT2D eigenvalue weighted by Crippen LogP contribution is -2.34. The minimum Gasteiger partial charge on any atom is -0.481 e. The molecule has 1 amide bonds. The molecule has 0 saturated carbocycles. The second kappa shape index (κ2) is 7.47. The molecule has 3 atom stereocenters. The van der Waals surface area contributed by atoms with Crippen LogP contribution in [0.5, 0.6) is 5.88 Å². The predicted octanol–water partition coefficient (Wildman–Crippen LogP) is 1.56. The van der Waals surface area contributed by atoms with Gasteiger partial charge in [0.2, 0.25) is 5.88 Å². The summed E-state index contributed by atoms with van der Waals surface area (Å²) in [5.74, 6) is 1.59. The molecule has 2 saturated heterocycles. The van der Waals surface area contributed by atoms with E-state index in [-0.39, 0.29) is 12.0 Å². The highest BCUT2D eigenvalue weighted by molar-refractivity contribution is 5.91. The number of fused-ring (bicyclic) bond motifs is 1. The zero-order chi connectivity index (χ0) is 17.9. The van der Waals surface area contributed by atoms with Crippen LogP contribution in [0.2, 0.25) is 0 Å². The van der Waals surface area contributed by atoms with Crippen molar-refractivity contribution >= 4 is 5.91 Å². The van der Waals surface area contributed by atoms with Crippen LogP contribution in [0.4, 0.5) is 0 Å². The van der Waals surface area contributed by atoms with Gasteiger partial charge in [0.15, 0.2) is 5.76 Å². The molecule has 2 aromatic rings. The smallest absolute Gasteiger partial charge is 0.286 e. The Morgan fingerprint density at radius 2 is 2.31 bits per heavy atom. The van der Waals surface area contributed by atoms with Crippen LogP contribution < -0.4 is 10.1 Å². The van der Waals surface area contributed by atoms with Gasteiger partial charge in [-0.15, -0.1) is 0 Å². The zero-order valence-corrected chi connectivity index (χ0v) is 14.8. The Kier molecular flexibility index (Phi) is 4.90. The van der Waals surface area contributed by atoms with E-state index in [4.69, 9.17) is 13.9 Å². The molecule has 138 valence electrons. The summed E-state index contributed by atoms with van der Waals surface area (Å²) in [5.41, 5.74) is 1.08. The average molecular weight is 357 g/mol. The van der Waals surface area contributed by atoms with Gasteiger partial charge in [-0.1, -0.05) is 6.07 Å². The first-order chi connectivity index (χ1) is 12.7.